The highest BCUT2D eigenvalue weighted by Crippen LogP contribution is 2.30. The Labute approximate surface area is 114 Å². The Bertz CT molecular complexity index is 644. The molecule has 0 fully saturated rings. The summed E-state index contributed by atoms with van der Waals surface area (Å²) in [6.45, 7) is 1.80. The summed E-state index contributed by atoms with van der Waals surface area (Å²) in [5.74, 6) is -0.261. The van der Waals surface area contributed by atoms with Gasteiger partial charge in [-0.25, -0.2) is 0 Å². The van der Waals surface area contributed by atoms with Crippen LogP contribution in [0.2, 0.25) is 0 Å². The first-order chi connectivity index (χ1) is 9.49. The van der Waals surface area contributed by atoms with Crippen LogP contribution in [0.15, 0.2) is 42.5 Å². The summed E-state index contributed by atoms with van der Waals surface area (Å²) < 4.78 is 19.1. The van der Waals surface area contributed by atoms with E-state index in [1.807, 2.05) is 12.1 Å². The van der Waals surface area contributed by atoms with Crippen molar-refractivity contribution in [1.82, 2.24) is 0 Å². The molecule has 2 aromatic rings. The van der Waals surface area contributed by atoms with Gasteiger partial charge < -0.3 is 10.5 Å². The van der Waals surface area contributed by atoms with Crippen molar-refractivity contribution in [2.24, 2.45) is 5.73 Å². The molecule has 2 rings (SSSR count). The van der Waals surface area contributed by atoms with Gasteiger partial charge in [-0.2, -0.15) is 4.39 Å². The van der Waals surface area contributed by atoms with Gasteiger partial charge in [0.2, 0.25) is 5.82 Å². The Morgan fingerprint density at radius 3 is 2.60 bits per heavy atom. The van der Waals surface area contributed by atoms with Gasteiger partial charge in [-0.3, -0.25) is 10.1 Å². The number of benzene rings is 2. The number of halogens is 1. The molecular weight excluding hydrogens is 263 g/mol. The highest BCUT2D eigenvalue weighted by atomic mass is 19.1. The average Bonchev–Trinajstić information content (AvgIpc) is 2.38. The van der Waals surface area contributed by atoms with Gasteiger partial charge in [-0.05, 0) is 19.1 Å². The zero-order valence-corrected chi connectivity index (χ0v) is 10.7. The zero-order chi connectivity index (χ0) is 14.7. The number of ether oxygens (including phenoxy) is 1. The monoisotopic (exact) mass is 276 g/mol. The van der Waals surface area contributed by atoms with Gasteiger partial charge in [0.25, 0.3) is 0 Å². The summed E-state index contributed by atoms with van der Waals surface area (Å²) in [5, 5.41) is 10.5. The van der Waals surface area contributed by atoms with E-state index in [1.54, 1.807) is 19.1 Å². The number of hydrogen-bond donors (Lipinski definition) is 1. The Hall–Kier alpha value is -2.47. The maximum Gasteiger partial charge on any atom is 0.305 e. The normalized spacial score (nSPS) is 11.9. The lowest BCUT2D eigenvalue weighted by Gasteiger charge is -2.13. The highest BCUT2D eigenvalue weighted by molar-refractivity contribution is 5.43. The number of nitro benzene ring substituents is 1. The molecule has 0 aliphatic rings. The lowest BCUT2D eigenvalue weighted by molar-refractivity contribution is -0.387. The lowest BCUT2D eigenvalue weighted by atomic mass is 10.1. The van der Waals surface area contributed by atoms with Crippen LogP contribution >= 0.6 is 0 Å². The SMILES string of the molecule is C[C@@H](N)c1ccccc1Oc1ccc([N+](=O)[O-])c(F)c1. The molecule has 0 spiro atoms. The van der Waals surface area contributed by atoms with E-state index >= 15 is 0 Å². The molecule has 0 heterocycles. The molecule has 2 aromatic carbocycles. The molecule has 5 nitrogen and oxygen atoms in total. The summed E-state index contributed by atoms with van der Waals surface area (Å²) >= 11 is 0. The topological polar surface area (TPSA) is 78.4 Å². The van der Waals surface area contributed by atoms with Crippen LogP contribution in [0.1, 0.15) is 18.5 Å². The first-order valence-corrected chi connectivity index (χ1v) is 5.95. The molecule has 0 unspecified atom stereocenters. The summed E-state index contributed by atoms with van der Waals surface area (Å²) in [6, 6.07) is 10.3. The molecule has 2 N–H and O–H groups in total. The van der Waals surface area contributed by atoms with Gasteiger partial charge in [0.15, 0.2) is 0 Å². The van der Waals surface area contributed by atoms with Crippen molar-refractivity contribution in [2.45, 2.75) is 13.0 Å². The van der Waals surface area contributed by atoms with E-state index in [-0.39, 0.29) is 11.8 Å². The molecular formula is C14H13FN2O3. The van der Waals surface area contributed by atoms with E-state index in [2.05, 4.69) is 0 Å². The van der Waals surface area contributed by atoms with E-state index in [9.17, 15) is 14.5 Å². The third-order valence-corrected chi connectivity index (χ3v) is 2.75. The number of rotatable bonds is 4. The van der Waals surface area contributed by atoms with Gasteiger partial charge in [-0.15, -0.1) is 0 Å². The van der Waals surface area contributed by atoms with E-state index in [0.717, 1.165) is 17.7 Å². The first kappa shape index (κ1) is 14.0. The minimum atomic E-state index is -0.939. The molecule has 0 saturated heterocycles. The molecule has 104 valence electrons. The van der Waals surface area contributed by atoms with Crippen LogP contribution in [0, 0.1) is 15.9 Å². The van der Waals surface area contributed by atoms with Gasteiger partial charge in [0.05, 0.1) is 4.92 Å². The molecule has 0 aliphatic heterocycles. The molecule has 6 heteroatoms. The lowest BCUT2D eigenvalue weighted by Crippen LogP contribution is -2.06. The number of para-hydroxylation sites is 1. The number of nitro groups is 1. The molecule has 1 atom stereocenters. The summed E-state index contributed by atoms with van der Waals surface area (Å²) in [6.07, 6.45) is 0. The highest BCUT2D eigenvalue weighted by Gasteiger charge is 2.15. The maximum absolute atomic E-state index is 13.5. The fourth-order valence-electron chi connectivity index (χ4n) is 1.78. The minimum Gasteiger partial charge on any atom is -0.457 e. The van der Waals surface area contributed by atoms with Crippen LogP contribution in [0.4, 0.5) is 10.1 Å². The summed E-state index contributed by atoms with van der Waals surface area (Å²) in [5.41, 5.74) is 6.00. The minimum absolute atomic E-state index is 0.182. The molecule has 0 saturated carbocycles. The van der Waals surface area contributed by atoms with Gasteiger partial charge >= 0.3 is 5.69 Å². The van der Waals surface area contributed by atoms with Gasteiger partial charge in [0, 0.05) is 23.7 Å². The van der Waals surface area contributed by atoms with Crippen molar-refractivity contribution in [3.8, 4) is 11.5 Å². The predicted octanol–water partition coefficient (Wildman–Crippen LogP) is 3.55. The van der Waals surface area contributed by atoms with Crippen molar-refractivity contribution in [1.29, 1.82) is 0 Å². The molecule has 0 aromatic heterocycles. The average molecular weight is 276 g/mol. The van der Waals surface area contributed by atoms with E-state index in [0.29, 0.717) is 5.75 Å². The predicted molar refractivity (Wildman–Crippen MR) is 72.2 cm³/mol. The third-order valence-electron chi connectivity index (χ3n) is 2.75. The van der Waals surface area contributed by atoms with Crippen LogP contribution in [0.5, 0.6) is 11.5 Å². The number of nitrogens with two attached hydrogens (primary N) is 1. The molecule has 0 radical (unpaired) electrons. The van der Waals surface area contributed by atoms with Crippen molar-refractivity contribution >= 4 is 5.69 Å². The van der Waals surface area contributed by atoms with Crippen molar-refractivity contribution in [3.63, 3.8) is 0 Å². The van der Waals surface area contributed by atoms with E-state index in [1.165, 1.54) is 6.07 Å². The van der Waals surface area contributed by atoms with Gasteiger partial charge in [0.1, 0.15) is 11.5 Å². The fourth-order valence-corrected chi connectivity index (χ4v) is 1.78. The zero-order valence-electron chi connectivity index (χ0n) is 10.7. The largest absolute Gasteiger partial charge is 0.457 e. The number of hydrogen-bond acceptors (Lipinski definition) is 4. The molecule has 0 bridgehead atoms. The summed E-state index contributed by atoms with van der Waals surface area (Å²) in [7, 11) is 0. The van der Waals surface area contributed by atoms with E-state index in [4.69, 9.17) is 10.5 Å². The van der Waals surface area contributed by atoms with Crippen LogP contribution in [-0.2, 0) is 0 Å². The van der Waals surface area contributed by atoms with Crippen molar-refractivity contribution in [2.75, 3.05) is 0 Å². The standard InChI is InChI=1S/C14H13FN2O3/c1-9(16)11-4-2-3-5-14(11)20-10-6-7-13(17(18)19)12(15)8-10/h2-9H,16H2,1H3/t9-/m1/s1. The van der Waals surface area contributed by atoms with E-state index < -0.39 is 16.4 Å². The van der Waals surface area contributed by atoms with Crippen LogP contribution in [0.25, 0.3) is 0 Å². The second-order valence-corrected chi connectivity index (χ2v) is 4.30. The Balaban J connectivity index is 2.31. The third kappa shape index (κ3) is 2.92. The quantitative estimate of drug-likeness (QED) is 0.684. The van der Waals surface area contributed by atoms with Crippen LogP contribution in [0.3, 0.4) is 0 Å². The Kier molecular flexibility index (Phi) is 3.95. The van der Waals surface area contributed by atoms with Crippen LogP contribution in [-0.4, -0.2) is 4.92 Å². The van der Waals surface area contributed by atoms with Gasteiger partial charge in [-0.1, -0.05) is 18.2 Å². The Morgan fingerprint density at radius 2 is 2.00 bits per heavy atom. The molecule has 0 aliphatic carbocycles. The number of nitrogens with zero attached hydrogens (tertiary/aromatic N) is 1. The smallest absolute Gasteiger partial charge is 0.305 e. The maximum atomic E-state index is 13.5. The van der Waals surface area contributed by atoms with Crippen molar-refractivity contribution < 1.29 is 14.1 Å². The van der Waals surface area contributed by atoms with Crippen molar-refractivity contribution in [3.05, 3.63) is 64.0 Å². The first-order valence-electron chi connectivity index (χ1n) is 5.95. The fraction of sp³-hybridized carbons (Fsp3) is 0.143. The molecule has 0 amide bonds. The summed E-state index contributed by atoms with van der Waals surface area (Å²) in [4.78, 5) is 9.76. The molecule has 20 heavy (non-hydrogen) atoms. The second-order valence-electron chi connectivity index (χ2n) is 4.30. The van der Waals surface area contributed by atoms with Crippen LogP contribution < -0.4 is 10.5 Å². The Morgan fingerprint density at radius 1 is 1.30 bits per heavy atom. The second kappa shape index (κ2) is 5.66.